The van der Waals surface area contributed by atoms with Gasteiger partial charge in [-0.15, -0.1) is 0 Å². The zero-order valence-electron chi connectivity index (χ0n) is 27.9. The number of furan rings is 1. The predicted molar refractivity (Wildman–Crippen MR) is 175 cm³/mol. The van der Waals surface area contributed by atoms with Crippen molar-refractivity contribution >= 4 is 11.9 Å². The number of ether oxygens (including phenoxy) is 2. The van der Waals surface area contributed by atoms with Gasteiger partial charge in [0.05, 0.1) is 0 Å². The predicted octanol–water partition coefficient (Wildman–Crippen LogP) is 12.4. The molecule has 0 spiro atoms. The average Bonchev–Trinajstić information content (AvgIpc) is 3.31. The number of carbonyl (C=O) groups is 2. The lowest BCUT2D eigenvalue weighted by Gasteiger charge is -2.07. The first-order valence-corrected chi connectivity index (χ1v) is 18.1. The van der Waals surface area contributed by atoms with Crippen LogP contribution in [0.4, 0.5) is 0 Å². The highest BCUT2D eigenvalue weighted by atomic mass is 16.6. The molecule has 0 fully saturated rings. The van der Waals surface area contributed by atoms with E-state index in [0.717, 1.165) is 38.5 Å². The Kier molecular flexibility index (Phi) is 25.5. The molecule has 0 unspecified atom stereocenters. The van der Waals surface area contributed by atoms with Gasteiger partial charge in [0.1, 0.15) is 12.0 Å². The fourth-order valence-corrected chi connectivity index (χ4v) is 5.53. The fourth-order valence-electron chi connectivity index (χ4n) is 5.53. The standard InChI is InChI=1S/C37H66O5/c1-4-6-8-10-12-14-16-18-20-22-24-26-28-30-35(38)41-34-32-40-33(3)37(34)42-36(39)31-29-27-25-23-21-19-17-15-13-11-9-7-5-2/h32H,4-31H2,1-3H3. The molecule has 0 N–H and O–H groups in total. The number of unbranched alkanes of at least 4 members (excludes halogenated alkanes) is 24. The summed E-state index contributed by atoms with van der Waals surface area (Å²) in [6.07, 6.45) is 35.1. The zero-order chi connectivity index (χ0) is 30.5. The molecule has 0 aliphatic carbocycles. The summed E-state index contributed by atoms with van der Waals surface area (Å²) in [7, 11) is 0. The lowest BCUT2D eigenvalue weighted by atomic mass is 10.0. The quantitative estimate of drug-likeness (QED) is 0.0658. The average molecular weight is 591 g/mol. The molecule has 0 radical (unpaired) electrons. The fraction of sp³-hybridized carbons (Fsp3) is 0.838. The molecular formula is C37H66O5. The number of carbonyl (C=O) groups excluding carboxylic acids is 2. The third-order valence-corrected chi connectivity index (χ3v) is 8.29. The maximum absolute atomic E-state index is 12.4. The van der Waals surface area contributed by atoms with E-state index in [4.69, 9.17) is 13.9 Å². The SMILES string of the molecule is CCCCCCCCCCCCCCCC(=O)Oc1coc(C)c1OC(=O)CCCCCCCCCCCCCCC. The first-order valence-electron chi connectivity index (χ1n) is 18.1. The minimum atomic E-state index is -0.298. The van der Waals surface area contributed by atoms with Crippen LogP contribution in [-0.4, -0.2) is 11.9 Å². The van der Waals surface area contributed by atoms with Gasteiger partial charge in [0, 0.05) is 12.8 Å². The highest BCUT2D eigenvalue weighted by Crippen LogP contribution is 2.34. The van der Waals surface area contributed by atoms with Crippen LogP contribution in [0.3, 0.4) is 0 Å². The monoisotopic (exact) mass is 590 g/mol. The molecule has 0 aromatic carbocycles. The summed E-state index contributed by atoms with van der Waals surface area (Å²) in [4.78, 5) is 24.8. The summed E-state index contributed by atoms with van der Waals surface area (Å²) in [6, 6.07) is 0. The molecule has 0 amide bonds. The van der Waals surface area contributed by atoms with E-state index >= 15 is 0 Å². The van der Waals surface area contributed by atoms with E-state index in [0.29, 0.717) is 18.6 Å². The van der Waals surface area contributed by atoms with E-state index in [1.165, 1.54) is 135 Å². The van der Waals surface area contributed by atoms with Crippen LogP contribution in [-0.2, 0) is 9.59 Å². The van der Waals surface area contributed by atoms with Gasteiger partial charge < -0.3 is 13.9 Å². The molecule has 1 heterocycles. The summed E-state index contributed by atoms with van der Waals surface area (Å²) in [5, 5.41) is 0. The Bertz CT molecular complexity index is 768. The Morgan fingerprint density at radius 2 is 0.810 bits per heavy atom. The molecule has 0 aliphatic rings. The van der Waals surface area contributed by atoms with Gasteiger partial charge in [0.25, 0.3) is 0 Å². The first-order chi connectivity index (χ1) is 20.6. The third kappa shape index (κ3) is 21.9. The molecule has 42 heavy (non-hydrogen) atoms. The van der Waals surface area contributed by atoms with Gasteiger partial charge in [0.2, 0.25) is 11.5 Å². The van der Waals surface area contributed by atoms with Crippen LogP contribution in [0, 0.1) is 6.92 Å². The Labute approximate surface area is 259 Å². The number of hydrogen-bond donors (Lipinski definition) is 0. The molecular weight excluding hydrogens is 524 g/mol. The number of rotatable bonds is 30. The topological polar surface area (TPSA) is 65.7 Å². The van der Waals surface area contributed by atoms with E-state index < -0.39 is 0 Å². The maximum Gasteiger partial charge on any atom is 0.311 e. The molecule has 1 rings (SSSR count). The van der Waals surface area contributed by atoms with E-state index in [2.05, 4.69) is 13.8 Å². The third-order valence-electron chi connectivity index (χ3n) is 8.29. The zero-order valence-corrected chi connectivity index (χ0v) is 27.9. The second kappa shape index (κ2) is 28.0. The van der Waals surface area contributed by atoms with E-state index in [1.54, 1.807) is 6.92 Å². The van der Waals surface area contributed by atoms with Crippen molar-refractivity contribution in [2.24, 2.45) is 0 Å². The summed E-state index contributed by atoms with van der Waals surface area (Å²) >= 11 is 0. The Balaban J connectivity index is 2.05. The number of hydrogen-bond acceptors (Lipinski definition) is 5. The van der Waals surface area contributed by atoms with Crippen molar-refractivity contribution in [2.45, 2.75) is 201 Å². The van der Waals surface area contributed by atoms with Gasteiger partial charge in [-0.1, -0.05) is 168 Å². The van der Waals surface area contributed by atoms with Crippen molar-refractivity contribution in [3.05, 3.63) is 12.0 Å². The van der Waals surface area contributed by atoms with Gasteiger partial charge >= 0.3 is 11.9 Å². The van der Waals surface area contributed by atoms with Crippen LogP contribution in [0.2, 0.25) is 0 Å². The second-order valence-electron chi connectivity index (χ2n) is 12.4. The minimum absolute atomic E-state index is 0.214. The van der Waals surface area contributed by atoms with Gasteiger partial charge in [-0.05, 0) is 19.8 Å². The molecule has 5 heteroatoms. The molecule has 0 bridgehead atoms. The van der Waals surface area contributed by atoms with Crippen LogP contribution < -0.4 is 9.47 Å². The Morgan fingerprint density at radius 1 is 0.500 bits per heavy atom. The van der Waals surface area contributed by atoms with Crippen LogP contribution in [0.1, 0.15) is 199 Å². The molecule has 0 atom stereocenters. The van der Waals surface area contributed by atoms with Gasteiger partial charge in [-0.3, -0.25) is 9.59 Å². The van der Waals surface area contributed by atoms with Crippen molar-refractivity contribution in [1.29, 1.82) is 0 Å². The van der Waals surface area contributed by atoms with Crippen LogP contribution in [0.15, 0.2) is 10.7 Å². The normalized spacial score (nSPS) is 11.2. The molecule has 5 nitrogen and oxygen atoms in total. The lowest BCUT2D eigenvalue weighted by molar-refractivity contribution is -0.137. The van der Waals surface area contributed by atoms with Gasteiger partial charge in [-0.25, -0.2) is 0 Å². The van der Waals surface area contributed by atoms with Crippen molar-refractivity contribution in [3.63, 3.8) is 0 Å². The number of esters is 2. The summed E-state index contributed by atoms with van der Waals surface area (Å²) in [6.45, 7) is 6.25. The first kappa shape index (κ1) is 38.2. The Hall–Kier alpha value is -1.78. The second-order valence-corrected chi connectivity index (χ2v) is 12.4. The van der Waals surface area contributed by atoms with Crippen molar-refractivity contribution in [1.82, 2.24) is 0 Å². The van der Waals surface area contributed by atoms with E-state index in [1.807, 2.05) is 0 Å². The van der Waals surface area contributed by atoms with Crippen LogP contribution in [0.25, 0.3) is 0 Å². The molecule has 1 aromatic rings. The highest BCUT2D eigenvalue weighted by Gasteiger charge is 2.19. The lowest BCUT2D eigenvalue weighted by Crippen LogP contribution is -2.11. The number of aryl methyl sites for hydroxylation is 1. The van der Waals surface area contributed by atoms with Crippen LogP contribution >= 0.6 is 0 Å². The smallest absolute Gasteiger partial charge is 0.311 e. The minimum Gasteiger partial charge on any atom is -0.462 e. The van der Waals surface area contributed by atoms with Crippen molar-refractivity contribution in [3.8, 4) is 11.5 Å². The Morgan fingerprint density at radius 3 is 1.17 bits per heavy atom. The molecule has 0 aliphatic heterocycles. The molecule has 1 aromatic heterocycles. The molecule has 0 saturated carbocycles. The van der Waals surface area contributed by atoms with E-state index in [-0.39, 0.29) is 23.4 Å². The van der Waals surface area contributed by atoms with Gasteiger partial charge in [0.15, 0.2) is 0 Å². The molecule has 0 saturated heterocycles. The van der Waals surface area contributed by atoms with Gasteiger partial charge in [-0.2, -0.15) is 0 Å². The van der Waals surface area contributed by atoms with Crippen LogP contribution in [0.5, 0.6) is 11.5 Å². The maximum atomic E-state index is 12.4. The summed E-state index contributed by atoms with van der Waals surface area (Å²) < 4.78 is 16.4. The van der Waals surface area contributed by atoms with E-state index in [9.17, 15) is 9.59 Å². The largest absolute Gasteiger partial charge is 0.462 e. The van der Waals surface area contributed by atoms with Crippen molar-refractivity contribution < 1.29 is 23.5 Å². The summed E-state index contributed by atoms with van der Waals surface area (Å²) in [5.41, 5.74) is 0. The summed E-state index contributed by atoms with van der Waals surface area (Å²) in [5.74, 6) is 0.320. The van der Waals surface area contributed by atoms with Crippen molar-refractivity contribution in [2.75, 3.05) is 0 Å². The highest BCUT2D eigenvalue weighted by molar-refractivity contribution is 5.76. The molecule has 244 valence electrons.